The van der Waals surface area contributed by atoms with Crippen LogP contribution in [-0.4, -0.2) is 38.4 Å². The van der Waals surface area contributed by atoms with Gasteiger partial charge in [-0.15, -0.1) is 0 Å². The molecule has 1 saturated heterocycles. The molecule has 32 heavy (non-hydrogen) atoms. The maximum Gasteiger partial charge on any atom is 0.263 e. The van der Waals surface area contributed by atoms with E-state index in [1.54, 1.807) is 22.9 Å². The number of hydrogen-bond acceptors (Lipinski definition) is 6. The Balaban J connectivity index is 1.61. The number of nitrogens with one attached hydrogen (secondary N) is 1. The zero-order valence-electron chi connectivity index (χ0n) is 18.4. The molecule has 2 unspecified atom stereocenters. The highest BCUT2D eigenvalue weighted by molar-refractivity contribution is 8.00. The van der Waals surface area contributed by atoms with Crippen LogP contribution in [0.5, 0.6) is 0 Å². The van der Waals surface area contributed by atoms with Crippen LogP contribution in [0, 0.1) is 0 Å². The summed E-state index contributed by atoms with van der Waals surface area (Å²) in [4.78, 5) is 35.2. The van der Waals surface area contributed by atoms with Crippen molar-refractivity contribution in [3.8, 4) is 0 Å². The van der Waals surface area contributed by atoms with Crippen LogP contribution in [-0.2, 0) is 22.5 Å². The SMILES string of the molecule is CCc1ccc(NC(=O)C(CC)Sc2nc3ncccc3c(=O)n2CC2CCCO2)cc1. The summed E-state index contributed by atoms with van der Waals surface area (Å²) in [5.41, 5.74) is 2.23. The van der Waals surface area contributed by atoms with Gasteiger partial charge in [0.05, 0.1) is 23.3 Å². The van der Waals surface area contributed by atoms with E-state index in [4.69, 9.17) is 4.74 Å². The van der Waals surface area contributed by atoms with Crippen LogP contribution in [0.25, 0.3) is 11.0 Å². The van der Waals surface area contributed by atoms with Crippen molar-refractivity contribution < 1.29 is 9.53 Å². The molecule has 1 aromatic carbocycles. The van der Waals surface area contributed by atoms with Crippen molar-refractivity contribution >= 4 is 34.4 Å². The Hall–Kier alpha value is -2.71. The van der Waals surface area contributed by atoms with Crippen molar-refractivity contribution in [3.05, 3.63) is 58.5 Å². The fraction of sp³-hybridized carbons (Fsp3) is 0.417. The van der Waals surface area contributed by atoms with Crippen LogP contribution in [0.3, 0.4) is 0 Å². The topological polar surface area (TPSA) is 86.1 Å². The summed E-state index contributed by atoms with van der Waals surface area (Å²) in [5.74, 6) is -0.110. The Labute approximate surface area is 191 Å². The Morgan fingerprint density at radius 3 is 2.78 bits per heavy atom. The number of nitrogens with zero attached hydrogens (tertiary/aromatic N) is 3. The second-order valence-electron chi connectivity index (χ2n) is 7.87. The first-order valence-electron chi connectivity index (χ1n) is 11.1. The van der Waals surface area contributed by atoms with E-state index >= 15 is 0 Å². The van der Waals surface area contributed by atoms with E-state index in [1.807, 2.05) is 31.2 Å². The van der Waals surface area contributed by atoms with Crippen molar-refractivity contribution in [1.82, 2.24) is 14.5 Å². The summed E-state index contributed by atoms with van der Waals surface area (Å²) in [6.45, 7) is 5.19. The van der Waals surface area contributed by atoms with E-state index in [-0.39, 0.29) is 17.6 Å². The highest BCUT2D eigenvalue weighted by atomic mass is 32.2. The van der Waals surface area contributed by atoms with Crippen molar-refractivity contribution in [1.29, 1.82) is 0 Å². The van der Waals surface area contributed by atoms with Crippen molar-refractivity contribution in [2.24, 2.45) is 0 Å². The predicted molar refractivity (Wildman–Crippen MR) is 127 cm³/mol. The lowest BCUT2D eigenvalue weighted by molar-refractivity contribution is -0.115. The third-order valence-corrected chi connectivity index (χ3v) is 7.00. The Kier molecular flexibility index (Phi) is 7.22. The van der Waals surface area contributed by atoms with E-state index in [9.17, 15) is 9.59 Å². The minimum atomic E-state index is -0.398. The average Bonchev–Trinajstić information content (AvgIpc) is 3.33. The van der Waals surface area contributed by atoms with E-state index in [1.165, 1.54) is 17.3 Å². The molecule has 1 aliphatic heterocycles. The molecule has 1 N–H and O–H groups in total. The molecule has 3 heterocycles. The number of fused-ring (bicyclic) bond motifs is 1. The van der Waals surface area contributed by atoms with Crippen molar-refractivity contribution in [2.75, 3.05) is 11.9 Å². The van der Waals surface area contributed by atoms with Gasteiger partial charge in [-0.1, -0.05) is 37.7 Å². The monoisotopic (exact) mass is 452 g/mol. The molecular weight excluding hydrogens is 424 g/mol. The van der Waals surface area contributed by atoms with E-state index < -0.39 is 5.25 Å². The number of carbonyl (C=O) groups is 1. The van der Waals surface area contributed by atoms with Gasteiger partial charge in [0.1, 0.15) is 0 Å². The number of ether oxygens (including phenoxy) is 1. The summed E-state index contributed by atoms with van der Waals surface area (Å²) in [5, 5.41) is 3.57. The molecule has 0 bridgehead atoms. The lowest BCUT2D eigenvalue weighted by Gasteiger charge is -2.19. The number of rotatable bonds is 8. The first-order valence-corrected chi connectivity index (χ1v) is 12.0. The first kappa shape index (κ1) is 22.5. The number of hydrogen-bond donors (Lipinski definition) is 1. The average molecular weight is 453 g/mol. The molecule has 0 spiro atoms. The van der Waals surface area contributed by atoms with Gasteiger partial charge in [-0.3, -0.25) is 14.2 Å². The third kappa shape index (κ3) is 5.02. The van der Waals surface area contributed by atoms with Crippen LogP contribution < -0.4 is 10.9 Å². The van der Waals surface area contributed by atoms with Crippen LogP contribution in [0.15, 0.2) is 52.5 Å². The fourth-order valence-corrected chi connectivity index (χ4v) is 4.79. The van der Waals surface area contributed by atoms with Crippen LogP contribution in [0.4, 0.5) is 5.69 Å². The number of aryl methyl sites for hydroxylation is 1. The summed E-state index contributed by atoms with van der Waals surface area (Å²) in [6, 6.07) is 11.3. The largest absolute Gasteiger partial charge is 0.376 e. The zero-order valence-corrected chi connectivity index (χ0v) is 19.2. The summed E-state index contributed by atoms with van der Waals surface area (Å²) in [6.07, 6.45) is 5.05. The van der Waals surface area contributed by atoms with Gasteiger partial charge in [-0.25, -0.2) is 9.97 Å². The molecular formula is C24H28N4O3S. The summed E-state index contributed by atoms with van der Waals surface area (Å²) in [7, 11) is 0. The molecule has 4 rings (SSSR count). The van der Waals surface area contributed by atoms with Crippen molar-refractivity contribution in [2.45, 2.75) is 62.6 Å². The van der Waals surface area contributed by atoms with Gasteiger partial charge in [-0.2, -0.15) is 0 Å². The lowest BCUT2D eigenvalue weighted by atomic mass is 10.1. The molecule has 7 nitrogen and oxygen atoms in total. The number of thioether (sulfide) groups is 1. The predicted octanol–water partition coefficient (Wildman–Crippen LogP) is 4.04. The first-order chi connectivity index (χ1) is 15.6. The standard InChI is InChI=1S/C24H28N4O3S/c1-3-16-9-11-17(12-10-16)26-22(29)20(4-2)32-24-27-21-19(8-5-13-25-21)23(30)28(24)15-18-7-6-14-31-18/h5,8-13,18,20H,3-4,6-7,14-15H2,1-2H3,(H,26,29). The van der Waals surface area contributed by atoms with E-state index in [0.717, 1.165) is 24.9 Å². The van der Waals surface area contributed by atoms with Gasteiger partial charge in [0.15, 0.2) is 10.8 Å². The smallest absolute Gasteiger partial charge is 0.263 e. The minimum Gasteiger partial charge on any atom is -0.376 e. The molecule has 1 fully saturated rings. The molecule has 168 valence electrons. The highest BCUT2D eigenvalue weighted by Gasteiger charge is 2.25. The second-order valence-corrected chi connectivity index (χ2v) is 9.04. The quantitative estimate of drug-likeness (QED) is 0.410. The van der Waals surface area contributed by atoms with Crippen LogP contribution in [0.2, 0.25) is 0 Å². The van der Waals surface area contributed by atoms with Gasteiger partial charge >= 0.3 is 0 Å². The highest BCUT2D eigenvalue weighted by Crippen LogP contribution is 2.27. The fourth-order valence-electron chi connectivity index (χ4n) is 3.78. The number of carbonyl (C=O) groups excluding carboxylic acids is 1. The summed E-state index contributed by atoms with van der Waals surface area (Å²) >= 11 is 1.31. The molecule has 8 heteroatoms. The number of anilines is 1. The summed E-state index contributed by atoms with van der Waals surface area (Å²) < 4.78 is 7.41. The maximum absolute atomic E-state index is 13.2. The number of amides is 1. The molecule has 1 amide bonds. The number of aromatic nitrogens is 3. The molecule has 0 aliphatic carbocycles. The zero-order chi connectivity index (χ0) is 22.5. The normalized spacial score (nSPS) is 16.9. The van der Waals surface area contributed by atoms with Gasteiger partial charge in [-0.05, 0) is 55.5 Å². The van der Waals surface area contributed by atoms with E-state index in [0.29, 0.717) is 35.8 Å². The van der Waals surface area contributed by atoms with Crippen LogP contribution >= 0.6 is 11.8 Å². The van der Waals surface area contributed by atoms with E-state index in [2.05, 4.69) is 22.2 Å². The Morgan fingerprint density at radius 1 is 1.28 bits per heavy atom. The molecule has 1 aliphatic rings. The molecule has 2 aromatic heterocycles. The lowest BCUT2D eigenvalue weighted by Crippen LogP contribution is -2.31. The second kappa shape index (κ2) is 10.3. The van der Waals surface area contributed by atoms with Crippen molar-refractivity contribution in [3.63, 3.8) is 0 Å². The molecule has 2 atom stereocenters. The molecule has 3 aromatic rings. The minimum absolute atomic E-state index is 0.0195. The molecule has 0 radical (unpaired) electrons. The molecule has 0 saturated carbocycles. The maximum atomic E-state index is 13.2. The van der Waals surface area contributed by atoms with Gasteiger partial charge in [0.25, 0.3) is 5.56 Å². The third-order valence-electron chi connectivity index (χ3n) is 5.65. The van der Waals surface area contributed by atoms with Gasteiger partial charge in [0, 0.05) is 18.5 Å². The van der Waals surface area contributed by atoms with Crippen LogP contribution in [0.1, 0.15) is 38.7 Å². The number of benzene rings is 1. The van der Waals surface area contributed by atoms with Gasteiger partial charge in [0.2, 0.25) is 5.91 Å². The Bertz CT molecular complexity index is 1140. The Morgan fingerprint density at radius 2 is 2.09 bits per heavy atom. The number of pyridine rings is 1. The van der Waals surface area contributed by atoms with Gasteiger partial charge < -0.3 is 10.1 Å².